The van der Waals surface area contributed by atoms with Crippen LogP contribution in [-0.2, 0) is 0 Å². The molecular weight excluding hydrogens is 196 g/mol. The molecular formula is C14H22Si. The summed E-state index contributed by atoms with van der Waals surface area (Å²) in [6.45, 7) is 7.04. The lowest BCUT2D eigenvalue weighted by Crippen LogP contribution is -2.16. The van der Waals surface area contributed by atoms with Crippen LogP contribution in [0.5, 0.6) is 0 Å². The molecule has 0 aliphatic rings. The molecule has 0 aromatic heterocycles. The number of hydrogen-bond acceptors (Lipinski definition) is 0. The van der Waals surface area contributed by atoms with Crippen molar-refractivity contribution in [2.45, 2.75) is 39.7 Å². The molecule has 0 N–H and O–H groups in total. The molecule has 0 nitrogen and oxygen atoms in total. The fraction of sp³-hybridized carbons (Fsp3) is 0.571. The first-order valence-corrected chi connectivity index (χ1v) is 7.22. The van der Waals surface area contributed by atoms with Crippen molar-refractivity contribution in [1.29, 1.82) is 0 Å². The van der Waals surface area contributed by atoms with E-state index in [0.29, 0.717) is 0 Å². The molecule has 15 heavy (non-hydrogen) atoms. The van der Waals surface area contributed by atoms with E-state index in [4.69, 9.17) is 0 Å². The van der Waals surface area contributed by atoms with E-state index in [2.05, 4.69) is 51.1 Å². The molecule has 0 amide bonds. The topological polar surface area (TPSA) is 0 Å². The van der Waals surface area contributed by atoms with Crippen LogP contribution in [0.3, 0.4) is 0 Å². The van der Waals surface area contributed by atoms with E-state index in [9.17, 15) is 0 Å². The van der Waals surface area contributed by atoms with Gasteiger partial charge >= 0.3 is 0 Å². The van der Waals surface area contributed by atoms with Crippen molar-refractivity contribution in [3.8, 4) is 0 Å². The number of rotatable bonds is 6. The predicted molar refractivity (Wildman–Crippen MR) is 69.9 cm³/mol. The molecule has 0 fully saturated rings. The first kappa shape index (κ1) is 12.5. The molecule has 0 aliphatic carbocycles. The lowest BCUT2D eigenvalue weighted by atomic mass is 9.97. The van der Waals surface area contributed by atoms with Crippen LogP contribution in [0.15, 0.2) is 30.3 Å². The number of hydrogen-bond donors (Lipinski definition) is 0. The fourth-order valence-corrected chi connectivity index (χ4v) is 2.96. The van der Waals surface area contributed by atoms with Gasteiger partial charge in [0.15, 0.2) is 0 Å². The lowest BCUT2D eigenvalue weighted by Gasteiger charge is -2.15. The molecule has 0 saturated carbocycles. The van der Waals surface area contributed by atoms with Crippen LogP contribution in [0.25, 0.3) is 0 Å². The minimum Gasteiger partial charge on any atom is -0.0651 e. The van der Waals surface area contributed by atoms with Crippen molar-refractivity contribution in [1.82, 2.24) is 0 Å². The Kier molecular flexibility index (Phi) is 5.70. The molecule has 2 radical (unpaired) electrons. The minimum atomic E-state index is 0.874. The average molecular weight is 218 g/mol. The van der Waals surface area contributed by atoms with Gasteiger partial charge in [-0.15, -0.1) is 0 Å². The van der Waals surface area contributed by atoms with Gasteiger partial charge in [-0.1, -0.05) is 68.8 Å². The first-order chi connectivity index (χ1) is 7.22. The summed E-state index contributed by atoms with van der Waals surface area (Å²) < 4.78 is 0. The monoisotopic (exact) mass is 218 g/mol. The first-order valence-electron chi connectivity index (χ1n) is 6.01. The van der Waals surface area contributed by atoms with Gasteiger partial charge in [-0.05, 0) is 18.3 Å². The standard InChI is InChI=1S/C14H22Si/c1-4-12(2)10-13(3)11-15-14-8-6-5-7-9-14/h5-9,12-13H,4,10-11H2,1-3H3. The van der Waals surface area contributed by atoms with Crippen molar-refractivity contribution in [3.05, 3.63) is 30.3 Å². The van der Waals surface area contributed by atoms with E-state index < -0.39 is 0 Å². The van der Waals surface area contributed by atoms with E-state index in [1.165, 1.54) is 24.1 Å². The van der Waals surface area contributed by atoms with Crippen LogP contribution in [0.2, 0.25) is 6.04 Å². The Labute approximate surface area is 96.9 Å². The SMILES string of the molecule is CCC(C)CC(C)C[Si]c1ccccc1. The second kappa shape index (κ2) is 6.84. The highest BCUT2D eigenvalue weighted by Gasteiger charge is 2.07. The summed E-state index contributed by atoms with van der Waals surface area (Å²) in [5, 5.41) is 1.51. The predicted octanol–water partition coefficient (Wildman–Crippen LogP) is 3.51. The highest BCUT2D eigenvalue weighted by molar-refractivity contribution is 6.53. The molecule has 0 bridgehead atoms. The van der Waals surface area contributed by atoms with Crippen molar-refractivity contribution in [2.24, 2.45) is 11.8 Å². The maximum Gasteiger partial charge on any atom is 0.0810 e. The second-order valence-electron chi connectivity index (χ2n) is 4.60. The molecule has 1 aromatic carbocycles. The van der Waals surface area contributed by atoms with Gasteiger partial charge < -0.3 is 0 Å². The summed E-state index contributed by atoms with van der Waals surface area (Å²) in [5.74, 6) is 1.76. The Morgan fingerprint density at radius 2 is 1.73 bits per heavy atom. The van der Waals surface area contributed by atoms with Crippen molar-refractivity contribution in [2.75, 3.05) is 0 Å². The maximum absolute atomic E-state index is 2.39. The molecule has 2 unspecified atom stereocenters. The van der Waals surface area contributed by atoms with Crippen LogP contribution in [0.1, 0.15) is 33.6 Å². The third-order valence-electron chi connectivity index (χ3n) is 2.93. The van der Waals surface area contributed by atoms with Gasteiger partial charge in [0.2, 0.25) is 0 Å². The molecule has 0 heterocycles. The maximum atomic E-state index is 2.39. The minimum absolute atomic E-state index is 0.874. The number of benzene rings is 1. The third-order valence-corrected chi connectivity index (χ3v) is 4.57. The quantitative estimate of drug-likeness (QED) is 0.641. The Morgan fingerprint density at radius 3 is 2.33 bits per heavy atom. The largest absolute Gasteiger partial charge is 0.0810 e. The van der Waals surface area contributed by atoms with E-state index in [1.807, 2.05) is 0 Å². The van der Waals surface area contributed by atoms with Gasteiger partial charge in [0.05, 0.1) is 9.52 Å². The van der Waals surface area contributed by atoms with E-state index in [-0.39, 0.29) is 0 Å². The van der Waals surface area contributed by atoms with E-state index >= 15 is 0 Å². The zero-order chi connectivity index (χ0) is 11.1. The Balaban J connectivity index is 2.25. The van der Waals surface area contributed by atoms with Crippen molar-refractivity contribution < 1.29 is 0 Å². The second-order valence-corrected chi connectivity index (χ2v) is 5.94. The van der Waals surface area contributed by atoms with Gasteiger partial charge in [-0.2, -0.15) is 0 Å². The van der Waals surface area contributed by atoms with Gasteiger partial charge in [-0.3, -0.25) is 0 Å². The molecule has 1 rings (SSSR count). The summed E-state index contributed by atoms with van der Waals surface area (Å²) in [6, 6.07) is 12.2. The highest BCUT2D eigenvalue weighted by Crippen LogP contribution is 2.17. The molecule has 1 aromatic rings. The zero-order valence-corrected chi connectivity index (χ0v) is 11.2. The normalized spacial score (nSPS) is 14.9. The summed E-state index contributed by atoms with van der Waals surface area (Å²) in [4.78, 5) is 0. The van der Waals surface area contributed by atoms with Gasteiger partial charge in [0, 0.05) is 0 Å². The summed E-state index contributed by atoms with van der Waals surface area (Å²) in [5.41, 5.74) is 0. The molecule has 2 atom stereocenters. The smallest absolute Gasteiger partial charge is 0.0651 e. The van der Waals surface area contributed by atoms with Crippen LogP contribution >= 0.6 is 0 Å². The Morgan fingerprint density at radius 1 is 1.07 bits per heavy atom. The molecule has 0 saturated heterocycles. The molecule has 0 spiro atoms. The molecule has 0 aliphatic heterocycles. The zero-order valence-electron chi connectivity index (χ0n) is 10.2. The summed E-state index contributed by atoms with van der Waals surface area (Å²) in [7, 11) is 0.986. The van der Waals surface area contributed by atoms with Gasteiger partial charge in [0.1, 0.15) is 0 Å². The van der Waals surface area contributed by atoms with Gasteiger partial charge in [-0.25, -0.2) is 0 Å². The fourth-order valence-electron chi connectivity index (χ4n) is 1.78. The Hall–Kier alpha value is -0.563. The van der Waals surface area contributed by atoms with Crippen molar-refractivity contribution in [3.63, 3.8) is 0 Å². The molecule has 1 heteroatoms. The van der Waals surface area contributed by atoms with Crippen LogP contribution in [0.4, 0.5) is 0 Å². The summed E-state index contributed by atoms with van der Waals surface area (Å²) in [6.07, 6.45) is 2.70. The van der Waals surface area contributed by atoms with E-state index in [1.54, 1.807) is 0 Å². The van der Waals surface area contributed by atoms with Crippen LogP contribution in [0, 0.1) is 11.8 Å². The van der Waals surface area contributed by atoms with Gasteiger partial charge in [0.25, 0.3) is 0 Å². The lowest BCUT2D eigenvalue weighted by molar-refractivity contribution is 0.428. The van der Waals surface area contributed by atoms with Crippen LogP contribution < -0.4 is 5.19 Å². The van der Waals surface area contributed by atoms with Crippen LogP contribution in [-0.4, -0.2) is 9.52 Å². The molecule has 82 valence electrons. The Bertz CT molecular complexity index is 255. The average Bonchev–Trinajstić information content (AvgIpc) is 2.27. The summed E-state index contributed by atoms with van der Waals surface area (Å²) >= 11 is 0. The van der Waals surface area contributed by atoms with Crippen molar-refractivity contribution >= 4 is 14.7 Å². The third kappa shape index (κ3) is 5.17. The highest BCUT2D eigenvalue weighted by atomic mass is 28.2. The van der Waals surface area contributed by atoms with E-state index in [0.717, 1.165) is 21.4 Å².